The molecule has 0 bridgehead atoms. The van der Waals surface area contributed by atoms with Gasteiger partial charge in [-0.1, -0.05) is 48.6 Å². The summed E-state index contributed by atoms with van der Waals surface area (Å²) < 4.78 is 0. The second-order valence-electron chi connectivity index (χ2n) is 6.96. The highest BCUT2D eigenvalue weighted by Crippen LogP contribution is 2.31. The zero-order chi connectivity index (χ0) is 17.0. The second-order valence-corrected chi connectivity index (χ2v) is 6.96. The molecule has 3 atom stereocenters. The Labute approximate surface area is 138 Å². The molecule has 0 spiro atoms. The lowest BCUT2D eigenvalue weighted by atomic mass is 9.82. The summed E-state index contributed by atoms with van der Waals surface area (Å²) in [5, 5.41) is 0. The molecule has 23 heavy (non-hydrogen) atoms. The SMILES string of the molecule is CC1=CC=C(CC(C)C2CCN=C(N[N+](N)=O)C2)C=C(C)C1C. The van der Waals surface area contributed by atoms with Gasteiger partial charge in [0.2, 0.25) is 4.98 Å². The van der Waals surface area contributed by atoms with E-state index in [0.29, 0.717) is 23.6 Å². The normalized spacial score (nSPS) is 26.3. The molecule has 1 aliphatic carbocycles. The first-order valence-electron chi connectivity index (χ1n) is 8.44. The van der Waals surface area contributed by atoms with Gasteiger partial charge in [-0.25, -0.2) is 0 Å². The van der Waals surface area contributed by atoms with Crippen molar-refractivity contribution in [1.29, 1.82) is 0 Å². The number of hydrogen-bond acceptors (Lipinski definition) is 2. The van der Waals surface area contributed by atoms with Crippen molar-refractivity contribution < 1.29 is 4.98 Å². The Morgan fingerprint density at radius 2 is 2.13 bits per heavy atom. The molecule has 3 unspecified atom stereocenters. The van der Waals surface area contributed by atoms with Crippen LogP contribution in [0.2, 0.25) is 0 Å². The predicted octanol–water partition coefficient (Wildman–Crippen LogP) is 3.45. The minimum Gasteiger partial charge on any atom is -0.268 e. The summed E-state index contributed by atoms with van der Waals surface area (Å²) >= 11 is 0. The summed E-state index contributed by atoms with van der Waals surface area (Å²) in [4.78, 5) is 15.5. The van der Waals surface area contributed by atoms with Crippen molar-refractivity contribution in [3.8, 4) is 0 Å². The van der Waals surface area contributed by atoms with Crippen molar-refractivity contribution in [2.24, 2.45) is 28.6 Å². The van der Waals surface area contributed by atoms with Crippen LogP contribution < -0.4 is 11.3 Å². The third-order valence-corrected chi connectivity index (χ3v) is 5.20. The fraction of sp³-hybridized carbons (Fsp3) is 0.611. The van der Waals surface area contributed by atoms with Crippen LogP contribution in [-0.4, -0.2) is 17.4 Å². The predicted molar refractivity (Wildman–Crippen MR) is 94.5 cm³/mol. The lowest BCUT2D eigenvalue weighted by Crippen LogP contribution is -2.40. The monoisotopic (exact) mass is 317 g/mol. The lowest BCUT2D eigenvalue weighted by molar-refractivity contribution is -0.602. The highest BCUT2D eigenvalue weighted by atomic mass is 16.3. The van der Waals surface area contributed by atoms with E-state index >= 15 is 0 Å². The molecule has 0 aromatic rings. The van der Waals surface area contributed by atoms with Crippen LogP contribution in [0.4, 0.5) is 0 Å². The molecule has 5 nitrogen and oxygen atoms in total. The Bertz CT molecular complexity index is 586. The van der Waals surface area contributed by atoms with Gasteiger partial charge in [-0.3, -0.25) is 4.99 Å². The molecule has 0 amide bonds. The van der Waals surface area contributed by atoms with E-state index in [0.717, 1.165) is 25.8 Å². The van der Waals surface area contributed by atoms with E-state index in [-0.39, 0.29) is 4.98 Å². The van der Waals surface area contributed by atoms with Gasteiger partial charge < -0.3 is 0 Å². The summed E-state index contributed by atoms with van der Waals surface area (Å²) in [6, 6.07) is 0. The van der Waals surface area contributed by atoms with Crippen molar-refractivity contribution >= 4 is 5.84 Å². The number of rotatable bonds is 4. The number of nitrogens with one attached hydrogen (secondary N) is 1. The Balaban J connectivity index is 2.01. The van der Waals surface area contributed by atoms with Crippen molar-refractivity contribution in [3.63, 3.8) is 0 Å². The number of nitrogens with two attached hydrogens (primary N) is 1. The van der Waals surface area contributed by atoms with Crippen LogP contribution in [0.25, 0.3) is 0 Å². The fourth-order valence-corrected chi connectivity index (χ4v) is 3.35. The molecule has 0 radical (unpaired) electrons. The molecule has 126 valence electrons. The molecular weight excluding hydrogens is 288 g/mol. The zero-order valence-electron chi connectivity index (χ0n) is 14.7. The van der Waals surface area contributed by atoms with Crippen LogP contribution in [-0.2, 0) is 0 Å². The van der Waals surface area contributed by atoms with Gasteiger partial charge in [-0.05, 0) is 50.0 Å². The summed E-state index contributed by atoms with van der Waals surface area (Å²) in [7, 11) is 0. The van der Waals surface area contributed by atoms with Crippen LogP contribution in [0.3, 0.4) is 0 Å². The van der Waals surface area contributed by atoms with E-state index in [2.05, 4.69) is 56.3 Å². The van der Waals surface area contributed by atoms with E-state index < -0.39 is 0 Å². The van der Waals surface area contributed by atoms with E-state index in [4.69, 9.17) is 5.84 Å². The molecule has 0 saturated carbocycles. The first kappa shape index (κ1) is 17.4. The van der Waals surface area contributed by atoms with Gasteiger partial charge in [-0.2, -0.15) is 0 Å². The topological polar surface area (TPSA) is 70.5 Å². The number of nitroso groups, excluding NO2 is 1. The third-order valence-electron chi connectivity index (χ3n) is 5.20. The molecule has 3 N–H and O–H groups in total. The lowest BCUT2D eigenvalue weighted by Gasteiger charge is -2.26. The maximum absolute atomic E-state index is 10.9. The van der Waals surface area contributed by atoms with Crippen molar-refractivity contribution in [2.75, 3.05) is 6.54 Å². The number of aliphatic imine (C=N–C) groups is 1. The summed E-state index contributed by atoms with van der Waals surface area (Å²) in [6.45, 7) is 9.72. The van der Waals surface area contributed by atoms with Crippen molar-refractivity contribution in [3.05, 3.63) is 39.9 Å². The average Bonchev–Trinajstić information content (AvgIpc) is 2.61. The Kier molecular flexibility index (Phi) is 5.74. The van der Waals surface area contributed by atoms with E-state index in [1.54, 1.807) is 0 Å². The van der Waals surface area contributed by atoms with Gasteiger partial charge in [-0.15, -0.1) is 5.84 Å². The van der Waals surface area contributed by atoms with Crippen LogP contribution in [0.5, 0.6) is 0 Å². The minimum atomic E-state index is 0.237. The summed E-state index contributed by atoms with van der Waals surface area (Å²) in [5.74, 6) is 7.40. The van der Waals surface area contributed by atoms with Gasteiger partial charge in [0, 0.05) is 13.0 Å². The Morgan fingerprint density at radius 3 is 2.83 bits per heavy atom. The molecule has 2 aliphatic rings. The molecule has 5 heteroatoms. The average molecular weight is 317 g/mol. The highest BCUT2D eigenvalue weighted by Gasteiger charge is 2.25. The van der Waals surface area contributed by atoms with Crippen LogP contribution in [0.15, 0.2) is 39.9 Å². The molecule has 0 saturated heterocycles. The summed E-state index contributed by atoms with van der Waals surface area (Å²) in [6.07, 6.45) is 9.75. The maximum atomic E-state index is 10.9. The van der Waals surface area contributed by atoms with Gasteiger partial charge in [0.15, 0.2) is 5.84 Å². The van der Waals surface area contributed by atoms with Gasteiger partial charge in [0.25, 0.3) is 0 Å². The van der Waals surface area contributed by atoms with Gasteiger partial charge in [0.05, 0.1) is 4.91 Å². The first-order valence-corrected chi connectivity index (χ1v) is 8.44. The molecule has 0 aromatic carbocycles. The molecular formula is C18H29N4O+. The van der Waals surface area contributed by atoms with Gasteiger partial charge in [0.1, 0.15) is 0 Å². The molecule has 0 fully saturated rings. The molecule has 2 rings (SSSR count). The van der Waals surface area contributed by atoms with Gasteiger partial charge >= 0.3 is 0 Å². The summed E-state index contributed by atoms with van der Waals surface area (Å²) in [5.41, 5.74) is 6.79. The third kappa shape index (κ3) is 4.78. The fourth-order valence-electron chi connectivity index (χ4n) is 3.35. The first-order chi connectivity index (χ1) is 10.9. The van der Waals surface area contributed by atoms with Crippen LogP contribution in [0.1, 0.15) is 47.0 Å². The minimum absolute atomic E-state index is 0.237. The van der Waals surface area contributed by atoms with Crippen LogP contribution >= 0.6 is 0 Å². The smallest absolute Gasteiger partial charge is 0.249 e. The molecule has 0 aromatic heterocycles. The zero-order valence-corrected chi connectivity index (χ0v) is 14.7. The molecule has 1 heterocycles. The quantitative estimate of drug-likeness (QED) is 0.474. The Morgan fingerprint density at radius 1 is 1.39 bits per heavy atom. The molecule has 1 aliphatic heterocycles. The standard InChI is InChI=1S/C18H29N4O/c1-12-5-6-16(9-13(2)15(12)4)10-14(3)17-7-8-20-18(11-17)21-22(19)23/h5-6,9,14-15,17H,7-8,10-11H2,1-4H3,(H3,19,20,21,23)/q+1. The van der Waals surface area contributed by atoms with E-state index in [1.807, 2.05) is 0 Å². The van der Waals surface area contributed by atoms with Crippen molar-refractivity contribution in [1.82, 2.24) is 5.43 Å². The second kappa shape index (κ2) is 7.57. The largest absolute Gasteiger partial charge is 0.268 e. The maximum Gasteiger partial charge on any atom is 0.249 e. The number of amidine groups is 1. The number of nitrogens with zero attached hydrogens (tertiary/aromatic N) is 2. The number of hydrazine groups is 2. The van der Waals surface area contributed by atoms with Crippen LogP contribution in [0, 0.1) is 22.7 Å². The van der Waals surface area contributed by atoms with E-state index in [1.165, 1.54) is 16.7 Å². The number of hydrogen-bond donors (Lipinski definition) is 2. The van der Waals surface area contributed by atoms with Crippen molar-refractivity contribution in [2.45, 2.75) is 47.0 Å². The van der Waals surface area contributed by atoms with E-state index in [9.17, 15) is 4.91 Å². The number of allylic oxidation sites excluding steroid dienone is 6. The Hall–Kier alpha value is -1.91. The highest BCUT2D eigenvalue weighted by molar-refractivity contribution is 5.81.